The van der Waals surface area contributed by atoms with Gasteiger partial charge in [0.05, 0.1) is 6.61 Å². The Morgan fingerprint density at radius 2 is 2.19 bits per heavy atom. The molecule has 4 heteroatoms. The third kappa shape index (κ3) is 6.08. The van der Waals surface area contributed by atoms with Crippen LogP contribution in [0.15, 0.2) is 0 Å². The zero-order valence-electron chi connectivity index (χ0n) is 10.6. The van der Waals surface area contributed by atoms with Gasteiger partial charge in [-0.2, -0.15) is 0 Å². The van der Waals surface area contributed by atoms with E-state index in [1.54, 1.807) is 0 Å². The van der Waals surface area contributed by atoms with Crippen molar-refractivity contribution in [3.8, 4) is 0 Å². The molecule has 2 N–H and O–H groups in total. The first-order valence-electron chi connectivity index (χ1n) is 6.07. The van der Waals surface area contributed by atoms with Crippen molar-refractivity contribution in [1.29, 1.82) is 0 Å². The molecule has 1 atom stereocenters. The summed E-state index contributed by atoms with van der Waals surface area (Å²) in [5, 5.41) is 6.25. The molecule has 16 heavy (non-hydrogen) atoms. The van der Waals surface area contributed by atoms with Gasteiger partial charge in [0.25, 0.3) is 0 Å². The predicted molar refractivity (Wildman–Crippen MR) is 64.3 cm³/mol. The van der Waals surface area contributed by atoms with E-state index < -0.39 is 0 Å². The lowest BCUT2D eigenvalue weighted by molar-refractivity contribution is -0.121. The number of carbonyl (C=O) groups excluding carboxylic acids is 1. The summed E-state index contributed by atoms with van der Waals surface area (Å²) in [6.45, 7) is 9.42. The molecule has 0 aromatic carbocycles. The Bertz CT molecular complexity index is 218. The maximum absolute atomic E-state index is 11.5. The van der Waals surface area contributed by atoms with Crippen molar-refractivity contribution in [3.05, 3.63) is 0 Å². The Hall–Kier alpha value is -0.610. The highest BCUT2D eigenvalue weighted by molar-refractivity contribution is 5.76. The number of nitrogens with one attached hydrogen (secondary N) is 2. The van der Waals surface area contributed by atoms with Gasteiger partial charge < -0.3 is 15.4 Å². The first kappa shape index (κ1) is 13.5. The van der Waals surface area contributed by atoms with Crippen molar-refractivity contribution in [2.75, 3.05) is 26.3 Å². The first-order valence-corrected chi connectivity index (χ1v) is 6.07. The monoisotopic (exact) mass is 228 g/mol. The van der Waals surface area contributed by atoms with Gasteiger partial charge in [-0.25, -0.2) is 0 Å². The van der Waals surface area contributed by atoms with Crippen LogP contribution in [0.25, 0.3) is 0 Å². The van der Waals surface area contributed by atoms with Crippen molar-refractivity contribution in [1.82, 2.24) is 10.6 Å². The van der Waals surface area contributed by atoms with Gasteiger partial charge in [-0.05, 0) is 27.2 Å². The lowest BCUT2D eigenvalue weighted by Crippen LogP contribution is -2.39. The van der Waals surface area contributed by atoms with E-state index in [4.69, 9.17) is 4.74 Å². The average Bonchev–Trinajstić information content (AvgIpc) is 2.65. The topological polar surface area (TPSA) is 50.4 Å². The van der Waals surface area contributed by atoms with Gasteiger partial charge in [0.2, 0.25) is 5.91 Å². The predicted octanol–water partition coefficient (Wildman–Crippen LogP) is 0.917. The van der Waals surface area contributed by atoms with Crippen LogP contribution in [0.1, 0.15) is 33.6 Å². The summed E-state index contributed by atoms with van der Waals surface area (Å²) >= 11 is 0. The Balaban J connectivity index is 2.02. The largest absolute Gasteiger partial charge is 0.381 e. The minimum atomic E-state index is 0.0829. The van der Waals surface area contributed by atoms with Gasteiger partial charge in [-0.3, -0.25) is 4.79 Å². The van der Waals surface area contributed by atoms with Gasteiger partial charge in [0.1, 0.15) is 0 Å². The van der Waals surface area contributed by atoms with Crippen molar-refractivity contribution < 1.29 is 9.53 Å². The van der Waals surface area contributed by atoms with Crippen molar-refractivity contribution in [2.24, 2.45) is 5.92 Å². The average molecular weight is 228 g/mol. The number of hydrogen-bond donors (Lipinski definition) is 2. The molecule has 1 amide bonds. The molecule has 0 spiro atoms. The fourth-order valence-electron chi connectivity index (χ4n) is 1.64. The lowest BCUT2D eigenvalue weighted by atomic mass is 10.1. The molecule has 1 unspecified atom stereocenters. The second-order valence-corrected chi connectivity index (χ2v) is 5.46. The summed E-state index contributed by atoms with van der Waals surface area (Å²) in [5.74, 6) is 0.642. The van der Waals surface area contributed by atoms with Crippen LogP contribution < -0.4 is 10.6 Å². The molecule has 0 aromatic rings. The summed E-state index contributed by atoms with van der Waals surface area (Å²) in [7, 11) is 0. The molecule has 1 aliphatic heterocycles. The van der Waals surface area contributed by atoms with Crippen LogP contribution in [0.2, 0.25) is 0 Å². The maximum Gasteiger partial charge on any atom is 0.221 e. The van der Waals surface area contributed by atoms with E-state index in [1.165, 1.54) is 0 Å². The highest BCUT2D eigenvalue weighted by Gasteiger charge is 2.16. The molecular weight excluding hydrogens is 204 g/mol. The summed E-state index contributed by atoms with van der Waals surface area (Å²) < 4.78 is 5.25. The maximum atomic E-state index is 11.5. The molecule has 1 fully saturated rings. The highest BCUT2D eigenvalue weighted by Crippen LogP contribution is 2.10. The van der Waals surface area contributed by atoms with Crippen LogP contribution in [0.4, 0.5) is 0 Å². The minimum Gasteiger partial charge on any atom is -0.381 e. The standard InChI is InChI=1S/C12H24N2O2/c1-12(2,3)14-6-4-11(15)13-8-10-5-7-16-9-10/h10,14H,4-9H2,1-3H3,(H,13,15). The summed E-state index contributed by atoms with van der Waals surface area (Å²) in [6.07, 6.45) is 1.62. The molecule has 0 saturated carbocycles. The third-order valence-electron chi connectivity index (χ3n) is 2.62. The van der Waals surface area contributed by atoms with E-state index in [9.17, 15) is 4.79 Å². The van der Waals surface area contributed by atoms with Gasteiger partial charge in [-0.1, -0.05) is 0 Å². The molecule has 0 aliphatic carbocycles. The highest BCUT2D eigenvalue weighted by atomic mass is 16.5. The molecule has 1 heterocycles. The molecule has 1 aliphatic rings. The zero-order chi connectivity index (χ0) is 12.0. The van der Waals surface area contributed by atoms with Crippen LogP contribution in [-0.4, -0.2) is 37.7 Å². The van der Waals surface area contributed by atoms with E-state index >= 15 is 0 Å². The summed E-state index contributed by atoms with van der Waals surface area (Å²) in [6, 6.07) is 0. The molecule has 94 valence electrons. The van der Waals surface area contributed by atoms with Crippen molar-refractivity contribution >= 4 is 5.91 Å². The number of carbonyl (C=O) groups is 1. The Kier molecular flexibility index (Phi) is 5.22. The molecule has 4 nitrogen and oxygen atoms in total. The summed E-state index contributed by atoms with van der Waals surface area (Å²) in [5.41, 5.74) is 0.0829. The number of amides is 1. The fourth-order valence-corrected chi connectivity index (χ4v) is 1.64. The van der Waals surface area contributed by atoms with Crippen LogP contribution in [0.5, 0.6) is 0 Å². The molecule has 0 bridgehead atoms. The molecule has 1 saturated heterocycles. The van der Waals surface area contributed by atoms with E-state index in [0.29, 0.717) is 12.3 Å². The van der Waals surface area contributed by atoms with E-state index in [1.807, 2.05) is 0 Å². The Morgan fingerprint density at radius 3 is 2.75 bits per heavy atom. The van der Waals surface area contributed by atoms with Gasteiger partial charge in [0, 0.05) is 37.6 Å². The van der Waals surface area contributed by atoms with E-state index in [2.05, 4.69) is 31.4 Å². The number of ether oxygens (including phenoxy) is 1. The second kappa shape index (κ2) is 6.21. The smallest absolute Gasteiger partial charge is 0.221 e. The molecule has 0 aromatic heterocycles. The SMILES string of the molecule is CC(C)(C)NCCC(=O)NCC1CCOC1. The normalized spacial score (nSPS) is 21.1. The fraction of sp³-hybridized carbons (Fsp3) is 0.917. The number of rotatable bonds is 5. The lowest BCUT2D eigenvalue weighted by Gasteiger charge is -2.20. The zero-order valence-corrected chi connectivity index (χ0v) is 10.6. The quantitative estimate of drug-likeness (QED) is 0.735. The van der Waals surface area contributed by atoms with Crippen LogP contribution >= 0.6 is 0 Å². The minimum absolute atomic E-state index is 0.0829. The van der Waals surface area contributed by atoms with Crippen LogP contribution in [0.3, 0.4) is 0 Å². The van der Waals surface area contributed by atoms with Crippen molar-refractivity contribution in [3.63, 3.8) is 0 Å². The Labute approximate surface area is 98.1 Å². The Morgan fingerprint density at radius 1 is 1.44 bits per heavy atom. The van der Waals surface area contributed by atoms with Gasteiger partial charge in [0.15, 0.2) is 0 Å². The van der Waals surface area contributed by atoms with E-state index in [0.717, 1.165) is 32.7 Å². The van der Waals surface area contributed by atoms with Gasteiger partial charge in [-0.15, -0.1) is 0 Å². The second-order valence-electron chi connectivity index (χ2n) is 5.46. The third-order valence-corrected chi connectivity index (χ3v) is 2.62. The van der Waals surface area contributed by atoms with E-state index in [-0.39, 0.29) is 11.4 Å². The molecular formula is C12H24N2O2. The van der Waals surface area contributed by atoms with Crippen LogP contribution in [-0.2, 0) is 9.53 Å². The number of hydrogen-bond acceptors (Lipinski definition) is 3. The molecule has 0 radical (unpaired) electrons. The molecule has 1 rings (SSSR count). The summed E-state index contributed by atoms with van der Waals surface area (Å²) in [4.78, 5) is 11.5. The van der Waals surface area contributed by atoms with Gasteiger partial charge >= 0.3 is 0 Å². The first-order chi connectivity index (χ1) is 7.47. The van der Waals surface area contributed by atoms with Crippen molar-refractivity contribution in [2.45, 2.75) is 39.2 Å². The van der Waals surface area contributed by atoms with Crippen LogP contribution in [0, 0.1) is 5.92 Å².